The van der Waals surface area contributed by atoms with E-state index in [0.29, 0.717) is 0 Å². The van der Waals surface area contributed by atoms with Crippen LogP contribution in [0, 0.1) is 0 Å². The molecule has 0 bridgehead atoms. The Labute approximate surface area is 111 Å². The molecule has 0 radical (unpaired) electrons. The zero-order chi connectivity index (χ0) is 12.2. The fraction of sp³-hybridized carbons (Fsp3) is 0.294. The molecule has 0 nitrogen and oxygen atoms in total. The maximum atomic E-state index is 2.39. The van der Waals surface area contributed by atoms with E-state index in [1.807, 2.05) is 0 Å². The first-order valence-corrected chi connectivity index (χ1v) is 9.26. The molecular weight excluding hydrogens is 232 g/mol. The van der Waals surface area contributed by atoms with Crippen molar-refractivity contribution >= 4 is 14.0 Å². The Bertz CT molecular complexity index is 504. The van der Waals surface area contributed by atoms with Crippen molar-refractivity contribution in [2.24, 2.45) is 0 Å². The molecule has 0 saturated carbocycles. The van der Waals surface area contributed by atoms with Crippen LogP contribution in [0.1, 0.15) is 17.5 Å². The van der Waals surface area contributed by atoms with E-state index in [0.717, 1.165) is 0 Å². The van der Waals surface area contributed by atoms with E-state index >= 15 is 0 Å². The van der Waals surface area contributed by atoms with Crippen LogP contribution in [-0.4, -0.2) is 8.80 Å². The van der Waals surface area contributed by atoms with Gasteiger partial charge in [0.05, 0.1) is 8.80 Å². The molecule has 2 aromatic rings. The van der Waals surface area contributed by atoms with Gasteiger partial charge in [0.15, 0.2) is 0 Å². The molecule has 1 heterocycles. The van der Waals surface area contributed by atoms with Crippen molar-refractivity contribution in [1.29, 1.82) is 0 Å². The Morgan fingerprint density at radius 2 is 1.67 bits per heavy atom. The molecular formula is C17H20Si. The van der Waals surface area contributed by atoms with Gasteiger partial charge in [0.25, 0.3) is 0 Å². The summed E-state index contributed by atoms with van der Waals surface area (Å²) in [6.45, 7) is 0. The molecule has 0 aromatic heterocycles. The third kappa shape index (κ3) is 2.56. The maximum Gasteiger partial charge on any atom is 0.0715 e. The van der Waals surface area contributed by atoms with E-state index in [2.05, 4.69) is 54.6 Å². The first kappa shape index (κ1) is 11.7. The summed E-state index contributed by atoms with van der Waals surface area (Å²) >= 11 is 0. The van der Waals surface area contributed by atoms with Gasteiger partial charge in [-0.3, -0.25) is 0 Å². The van der Waals surface area contributed by atoms with E-state index in [-0.39, 0.29) is 0 Å². The molecule has 1 heteroatoms. The molecule has 3 rings (SSSR count). The van der Waals surface area contributed by atoms with Crippen molar-refractivity contribution < 1.29 is 0 Å². The monoisotopic (exact) mass is 252 g/mol. The number of rotatable bonds is 4. The lowest BCUT2D eigenvalue weighted by atomic mass is 10.1. The molecule has 1 aliphatic heterocycles. The maximum absolute atomic E-state index is 2.39. The van der Waals surface area contributed by atoms with E-state index in [4.69, 9.17) is 0 Å². The van der Waals surface area contributed by atoms with Crippen LogP contribution in [0.25, 0.3) is 0 Å². The number of hydrogen-bond acceptors (Lipinski definition) is 0. The zero-order valence-electron chi connectivity index (χ0n) is 10.8. The SMILES string of the molecule is c1ccc(CCC[SiH]2CCc3ccccc32)cc1. The fourth-order valence-electron chi connectivity index (χ4n) is 3.14. The lowest BCUT2D eigenvalue weighted by Gasteiger charge is -2.09. The first-order chi connectivity index (χ1) is 8.93. The van der Waals surface area contributed by atoms with E-state index in [1.54, 1.807) is 10.8 Å². The van der Waals surface area contributed by atoms with Crippen molar-refractivity contribution in [2.75, 3.05) is 0 Å². The van der Waals surface area contributed by atoms with Crippen molar-refractivity contribution in [3.05, 3.63) is 65.7 Å². The summed E-state index contributed by atoms with van der Waals surface area (Å²) in [5.74, 6) is 0. The van der Waals surface area contributed by atoms with Gasteiger partial charge < -0.3 is 0 Å². The van der Waals surface area contributed by atoms with Gasteiger partial charge in [0.1, 0.15) is 0 Å². The van der Waals surface area contributed by atoms with Gasteiger partial charge in [0.2, 0.25) is 0 Å². The number of hydrogen-bond donors (Lipinski definition) is 0. The van der Waals surface area contributed by atoms with Crippen LogP contribution in [-0.2, 0) is 12.8 Å². The van der Waals surface area contributed by atoms with Crippen molar-refractivity contribution in [1.82, 2.24) is 0 Å². The van der Waals surface area contributed by atoms with Crippen LogP contribution >= 0.6 is 0 Å². The highest BCUT2D eigenvalue weighted by Crippen LogP contribution is 2.19. The molecule has 1 unspecified atom stereocenters. The third-order valence-corrected chi connectivity index (χ3v) is 7.65. The average Bonchev–Trinajstić information content (AvgIpc) is 2.84. The smallest absolute Gasteiger partial charge is 0.0631 e. The Kier molecular flexibility index (Phi) is 3.61. The standard InChI is InChI=1S/C17H20Si/c1-2-7-15(8-3-1)9-6-13-18-14-12-16-10-4-5-11-17(16)18/h1-5,7-8,10-11,18H,6,9,12-14H2. The van der Waals surface area contributed by atoms with Crippen LogP contribution in [0.2, 0.25) is 12.1 Å². The molecule has 1 atom stereocenters. The second kappa shape index (κ2) is 5.53. The van der Waals surface area contributed by atoms with Crippen LogP contribution < -0.4 is 5.19 Å². The minimum absolute atomic E-state index is 0.620. The van der Waals surface area contributed by atoms with Gasteiger partial charge in [0, 0.05) is 0 Å². The van der Waals surface area contributed by atoms with Gasteiger partial charge in [-0.2, -0.15) is 0 Å². The lowest BCUT2D eigenvalue weighted by molar-refractivity contribution is 0.907. The molecule has 0 amide bonds. The Morgan fingerprint density at radius 1 is 0.889 bits per heavy atom. The Balaban J connectivity index is 1.56. The molecule has 92 valence electrons. The molecule has 0 N–H and O–H groups in total. The summed E-state index contributed by atoms with van der Waals surface area (Å²) in [6, 6.07) is 23.0. The molecule has 18 heavy (non-hydrogen) atoms. The predicted molar refractivity (Wildman–Crippen MR) is 81.3 cm³/mol. The van der Waals surface area contributed by atoms with Crippen molar-refractivity contribution in [3.63, 3.8) is 0 Å². The Morgan fingerprint density at radius 3 is 2.56 bits per heavy atom. The summed E-state index contributed by atoms with van der Waals surface area (Å²) in [7, 11) is -0.620. The topological polar surface area (TPSA) is 0 Å². The van der Waals surface area contributed by atoms with Gasteiger partial charge in [-0.1, -0.05) is 78.3 Å². The summed E-state index contributed by atoms with van der Waals surface area (Å²) in [5.41, 5.74) is 3.15. The summed E-state index contributed by atoms with van der Waals surface area (Å²) in [4.78, 5) is 0. The minimum Gasteiger partial charge on any atom is -0.0631 e. The quantitative estimate of drug-likeness (QED) is 0.732. The molecule has 0 aliphatic carbocycles. The highest BCUT2D eigenvalue weighted by atomic mass is 28.3. The van der Waals surface area contributed by atoms with E-state index in [9.17, 15) is 0 Å². The largest absolute Gasteiger partial charge is 0.0715 e. The van der Waals surface area contributed by atoms with Gasteiger partial charge >= 0.3 is 0 Å². The minimum atomic E-state index is -0.620. The van der Waals surface area contributed by atoms with Crippen molar-refractivity contribution in [2.45, 2.75) is 31.4 Å². The molecule has 2 aromatic carbocycles. The predicted octanol–water partition coefficient (Wildman–Crippen LogP) is 3.31. The van der Waals surface area contributed by atoms with Gasteiger partial charge in [-0.05, 0) is 24.0 Å². The second-order valence-corrected chi connectivity index (χ2v) is 8.48. The van der Waals surface area contributed by atoms with Gasteiger partial charge in [-0.15, -0.1) is 0 Å². The number of aryl methyl sites for hydroxylation is 2. The van der Waals surface area contributed by atoms with Crippen LogP contribution in [0.15, 0.2) is 54.6 Å². The van der Waals surface area contributed by atoms with Crippen molar-refractivity contribution in [3.8, 4) is 0 Å². The summed E-state index contributed by atoms with van der Waals surface area (Å²) in [6.07, 6.45) is 3.97. The summed E-state index contributed by atoms with van der Waals surface area (Å²) < 4.78 is 0. The molecule has 0 saturated heterocycles. The second-order valence-electron chi connectivity index (χ2n) is 5.31. The highest BCUT2D eigenvalue weighted by molar-refractivity contribution is 6.74. The average molecular weight is 252 g/mol. The summed E-state index contributed by atoms with van der Waals surface area (Å²) in [5, 5.41) is 1.76. The van der Waals surface area contributed by atoms with E-state index < -0.39 is 8.80 Å². The first-order valence-electron chi connectivity index (χ1n) is 7.05. The van der Waals surface area contributed by atoms with Gasteiger partial charge in [-0.25, -0.2) is 0 Å². The highest BCUT2D eigenvalue weighted by Gasteiger charge is 2.22. The molecule has 0 spiro atoms. The van der Waals surface area contributed by atoms with Crippen LogP contribution in [0.5, 0.6) is 0 Å². The number of fused-ring (bicyclic) bond motifs is 1. The molecule has 0 fully saturated rings. The zero-order valence-corrected chi connectivity index (χ0v) is 12.0. The normalized spacial score (nSPS) is 17.7. The van der Waals surface area contributed by atoms with E-state index in [1.165, 1.54) is 36.9 Å². The van der Waals surface area contributed by atoms with Crippen LogP contribution in [0.4, 0.5) is 0 Å². The molecule has 1 aliphatic rings. The third-order valence-electron chi connectivity index (χ3n) is 4.12. The Hall–Kier alpha value is -1.34. The number of benzene rings is 2. The van der Waals surface area contributed by atoms with Crippen LogP contribution in [0.3, 0.4) is 0 Å². The lowest BCUT2D eigenvalue weighted by Crippen LogP contribution is -2.25. The fourth-order valence-corrected chi connectivity index (χ4v) is 6.56.